The minimum atomic E-state index is -0.441. The first-order chi connectivity index (χ1) is 12.2. The maximum absolute atomic E-state index is 13.1. The van der Waals surface area contributed by atoms with Crippen LogP contribution in [0, 0.1) is 28.6 Å². The molecule has 146 valence electrons. The summed E-state index contributed by atoms with van der Waals surface area (Å²) in [5.41, 5.74) is -0.714. The van der Waals surface area contributed by atoms with Gasteiger partial charge < -0.3 is 9.84 Å². The van der Waals surface area contributed by atoms with Crippen molar-refractivity contribution < 1.29 is 24.2 Å². The van der Waals surface area contributed by atoms with Gasteiger partial charge in [-0.05, 0) is 56.3 Å². The van der Waals surface area contributed by atoms with Crippen LogP contribution in [0.3, 0.4) is 0 Å². The molecule has 3 aliphatic carbocycles. The van der Waals surface area contributed by atoms with Gasteiger partial charge in [-0.25, -0.2) is 0 Å². The predicted octanol–water partition coefficient (Wildman–Crippen LogP) is 3.07. The van der Waals surface area contributed by atoms with E-state index >= 15 is 0 Å². The molecule has 0 amide bonds. The molecule has 0 aromatic heterocycles. The number of carbonyl (C=O) groups is 3. The summed E-state index contributed by atoms with van der Waals surface area (Å²) < 4.78 is 5.27. The van der Waals surface area contributed by atoms with Crippen LogP contribution in [-0.2, 0) is 19.1 Å². The van der Waals surface area contributed by atoms with Crippen molar-refractivity contribution in [1.82, 2.24) is 0 Å². The van der Waals surface area contributed by atoms with Crippen molar-refractivity contribution in [2.24, 2.45) is 28.6 Å². The van der Waals surface area contributed by atoms with Gasteiger partial charge in [0.25, 0.3) is 0 Å². The molecule has 1 N–H and O–H groups in total. The van der Waals surface area contributed by atoms with Crippen LogP contribution < -0.4 is 0 Å². The lowest BCUT2D eigenvalue weighted by atomic mass is 9.51. The summed E-state index contributed by atoms with van der Waals surface area (Å²) in [4.78, 5) is 36.8. The van der Waals surface area contributed by atoms with Crippen LogP contribution in [0.5, 0.6) is 0 Å². The second-order valence-electron chi connectivity index (χ2n) is 9.12. The lowest BCUT2D eigenvalue weighted by Gasteiger charge is -2.52. The number of aliphatic hydroxyl groups is 1. The summed E-state index contributed by atoms with van der Waals surface area (Å²) in [7, 11) is 0. The van der Waals surface area contributed by atoms with Crippen LogP contribution in [0.25, 0.3) is 0 Å². The second-order valence-corrected chi connectivity index (χ2v) is 9.12. The maximum Gasteiger partial charge on any atom is 0.302 e. The van der Waals surface area contributed by atoms with Gasteiger partial charge in [0, 0.05) is 37.2 Å². The third-order valence-electron chi connectivity index (χ3n) is 7.80. The highest BCUT2D eigenvalue weighted by atomic mass is 16.5. The molecule has 3 saturated carbocycles. The zero-order chi connectivity index (χ0) is 19.1. The van der Waals surface area contributed by atoms with Crippen LogP contribution in [0.4, 0.5) is 0 Å². The molecule has 0 spiro atoms. The second kappa shape index (κ2) is 7.06. The summed E-state index contributed by atoms with van der Waals surface area (Å²) in [6.07, 6.45) is 5.31. The fourth-order valence-electron chi connectivity index (χ4n) is 6.27. The normalized spacial score (nSPS) is 43.2. The van der Waals surface area contributed by atoms with E-state index < -0.39 is 5.41 Å². The minimum absolute atomic E-state index is 0.0995. The Morgan fingerprint density at radius 1 is 1.08 bits per heavy atom. The Bertz CT molecular complexity index is 599. The molecule has 0 radical (unpaired) electrons. The molecule has 26 heavy (non-hydrogen) atoms. The quantitative estimate of drug-likeness (QED) is 0.776. The smallest absolute Gasteiger partial charge is 0.302 e. The standard InChI is InChI=1S/C21H32O5/c1-13(23)26-14-6-9-21(3,19(25)12-14)17-7-10-20(2)16(4-5-18(20)24)15(17)8-11-22/h14-17,22H,4-12H2,1-3H3/t14-,15-,16-,17?,20-,21+/m0/s1. The zero-order valence-corrected chi connectivity index (χ0v) is 16.3. The largest absolute Gasteiger partial charge is 0.462 e. The van der Waals surface area contributed by atoms with E-state index in [9.17, 15) is 19.5 Å². The molecule has 3 rings (SSSR count). The Morgan fingerprint density at radius 3 is 2.31 bits per heavy atom. The monoisotopic (exact) mass is 364 g/mol. The van der Waals surface area contributed by atoms with E-state index in [4.69, 9.17) is 4.74 Å². The molecular formula is C21H32O5. The molecule has 6 atom stereocenters. The topological polar surface area (TPSA) is 80.7 Å². The van der Waals surface area contributed by atoms with Gasteiger partial charge in [-0.15, -0.1) is 0 Å². The van der Waals surface area contributed by atoms with Crippen LogP contribution in [0.1, 0.15) is 72.1 Å². The van der Waals surface area contributed by atoms with Crippen molar-refractivity contribution in [2.45, 2.75) is 78.2 Å². The molecule has 1 unspecified atom stereocenters. The molecule has 5 heteroatoms. The summed E-state index contributed by atoms with van der Waals surface area (Å²) in [5, 5.41) is 9.67. The number of aliphatic hydroxyl groups excluding tert-OH is 1. The van der Waals surface area contributed by atoms with Crippen molar-refractivity contribution >= 4 is 17.5 Å². The van der Waals surface area contributed by atoms with Crippen LogP contribution in [0.2, 0.25) is 0 Å². The first kappa shape index (κ1) is 19.5. The zero-order valence-electron chi connectivity index (χ0n) is 16.3. The molecule has 0 aliphatic heterocycles. The van der Waals surface area contributed by atoms with Gasteiger partial charge in [0.05, 0.1) is 0 Å². The van der Waals surface area contributed by atoms with E-state index in [0.717, 1.165) is 19.3 Å². The fraction of sp³-hybridized carbons (Fsp3) is 0.857. The summed E-state index contributed by atoms with van der Waals surface area (Å²) >= 11 is 0. The Hall–Kier alpha value is -1.23. The summed E-state index contributed by atoms with van der Waals surface area (Å²) in [6.45, 7) is 5.64. The van der Waals surface area contributed by atoms with Crippen molar-refractivity contribution in [3.8, 4) is 0 Å². The van der Waals surface area contributed by atoms with E-state index in [2.05, 4.69) is 13.8 Å². The van der Waals surface area contributed by atoms with E-state index in [1.54, 1.807) is 0 Å². The molecule has 0 heterocycles. The van der Waals surface area contributed by atoms with Gasteiger partial charge in [0.2, 0.25) is 0 Å². The molecule has 5 nitrogen and oxygen atoms in total. The number of esters is 1. The Balaban J connectivity index is 1.82. The van der Waals surface area contributed by atoms with Crippen LogP contribution >= 0.6 is 0 Å². The summed E-state index contributed by atoms with van der Waals surface area (Å²) in [6, 6.07) is 0. The number of carbonyl (C=O) groups excluding carboxylic acids is 3. The van der Waals surface area contributed by atoms with Gasteiger partial charge in [-0.2, -0.15) is 0 Å². The van der Waals surface area contributed by atoms with Gasteiger partial charge in [-0.3, -0.25) is 14.4 Å². The molecular weight excluding hydrogens is 332 g/mol. The van der Waals surface area contributed by atoms with E-state index in [0.29, 0.717) is 37.9 Å². The van der Waals surface area contributed by atoms with Crippen molar-refractivity contribution in [3.05, 3.63) is 0 Å². The van der Waals surface area contributed by atoms with E-state index in [1.807, 2.05) is 0 Å². The maximum atomic E-state index is 13.1. The Morgan fingerprint density at radius 2 is 1.69 bits per heavy atom. The highest BCUT2D eigenvalue weighted by Gasteiger charge is 2.58. The molecule has 3 fully saturated rings. The molecule has 3 aliphatic rings. The van der Waals surface area contributed by atoms with Crippen LogP contribution in [-0.4, -0.2) is 35.4 Å². The number of ether oxygens (including phenoxy) is 1. The first-order valence-electron chi connectivity index (χ1n) is 10.1. The third kappa shape index (κ3) is 3.12. The van der Waals surface area contributed by atoms with Gasteiger partial charge >= 0.3 is 5.97 Å². The number of Topliss-reactive ketones (excluding diaryl/α,β-unsaturated/α-hetero) is 2. The molecule has 0 bridgehead atoms. The van der Waals surface area contributed by atoms with E-state index in [1.165, 1.54) is 6.92 Å². The number of fused-ring (bicyclic) bond motifs is 1. The average molecular weight is 364 g/mol. The predicted molar refractivity (Wildman–Crippen MR) is 96.3 cm³/mol. The number of hydrogen-bond acceptors (Lipinski definition) is 5. The third-order valence-corrected chi connectivity index (χ3v) is 7.80. The minimum Gasteiger partial charge on any atom is -0.462 e. The van der Waals surface area contributed by atoms with E-state index in [-0.39, 0.29) is 47.6 Å². The van der Waals surface area contributed by atoms with Crippen molar-refractivity contribution in [3.63, 3.8) is 0 Å². The highest BCUT2D eigenvalue weighted by Crippen LogP contribution is 2.60. The van der Waals surface area contributed by atoms with Crippen LogP contribution in [0.15, 0.2) is 0 Å². The first-order valence-corrected chi connectivity index (χ1v) is 10.1. The molecule has 0 aromatic carbocycles. The van der Waals surface area contributed by atoms with Crippen molar-refractivity contribution in [2.75, 3.05) is 6.61 Å². The van der Waals surface area contributed by atoms with Gasteiger partial charge in [0.15, 0.2) is 0 Å². The fourth-order valence-corrected chi connectivity index (χ4v) is 6.27. The number of hydrogen-bond donors (Lipinski definition) is 1. The number of rotatable bonds is 4. The summed E-state index contributed by atoms with van der Waals surface area (Å²) in [5.74, 6) is 0.891. The molecule has 0 saturated heterocycles. The SMILES string of the molecule is CC(=O)O[C@H]1CC[C@](C)(C2CC[C@]3(C)C(=O)CC[C@H]3[C@@H]2CCO)C(=O)C1. The molecule has 0 aromatic rings. The highest BCUT2D eigenvalue weighted by molar-refractivity contribution is 5.88. The van der Waals surface area contributed by atoms with Gasteiger partial charge in [0.1, 0.15) is 17.7 Å². The Kier molecular flexibility index (Phi) is 5.31. The average Bonchev–Trinajstić information content (AvgIpc) is 2.87. The lowest BCUT2D eigenvalue weighted by Crippen LogP contribution is -2.51. The van der Waals surface area contributed by atoms with Gasteiger partial charge in [-0.1, -0.05) is 13.8 Å². The lowest BCUT2D eigenvalue weighted by molar-refractivity contribution is -0.157. The Labute approximate surface area is 155 Å². The number of ketones is 2. The van der Waals surface area contributed by atoms with Crippen molar-refractivity contribution in [1.29, 1.82) is 0 Å².